The lowest BCUT2D eigenvalue weighted by Gasteiger charge is -2.37. The molecule has 3 nitrogen and oxygen atoms in total. The van der Waals surface area contributed by atoms with Gasteiger partial charge in [-0.2, -0.15) is 0 Å². The lowest BCUT2D eigenvalue weighted by Crippen LogP contribution is -2.53. The molecule has 20 heavy (non-hydrogen) atoms. The first-order valence-electron chi connectivity index (χ1n) is 7.63. The molecule has 112 valence electrons. The van der Waals surface area contributed by atoms with Crippen LogP contribution in [-0.2, 0) is 6.54 Å². The lowest BCUT2D eigenvalue weighted by molar-refractivity contribution is 0.113. The number of nitrogens with one attached hydrogen (secondary N) is 1. The second-order valence-electron chi connectivity index (χ2n) is 6.39. The van der Waals surface area contributed by atoms with E-state index >= 15 is 0 Å². The van der Waals surface area contributed by atoms with Crippen LogP contribution in [0.3, 0.4) is 0 Å². The van der Waals surface area contributed by atoms with Gasteiger partial charge in [-0.05, 0) is 57.1 Å². The molecule has 1 fully saturated rings. The van der Waals surface area contributed by atoms with Gasteiger partial charge in [-0.25, -0.2) is 0 Å². The van der Waals surface area contributed by atoms with Crippen LogP contribution in [0.15, 0.2) is 12.1 Å². The smallest absolute Gasteiger partial charge is 0.0345 e. The molecule has 0 bridgehead atoms. The van der Waals surface area contributed by atoms with Gasteiger partial charge in [0.15, 0.2) is 0 Å². The highest BCUT2D eigenvalue weighted by Gasteiger charge is 2.21. The normalized spacial score (nSPS) is 21.4. The molecule has 0 spiro atoms. The van der Waals surface area contributed by atoms with Crippen LogP contribution in [0, 0.1) is 20.8 Å². The SMILES string of the molecule is Cc1cc(C)c(CNCC2CN(C)CCN2C)cc1C. The van der Waals surface area contributed by atoms with E-state index in [1.165, 1.54) is 35.3 Å². The monoisotopic (exact) mass is 275 g/mol. The maximum atomic E-state index is 3.64. The van der Waals surface area contributed by atoms with E-state index in [2.05, 4.69) is 62.1 Å². The summed E-state index contributed by atoms with van der Waals surface area (Å²) in [5.41, 5.74) is 5.61. The van der Waals surface area contributed by atoms with Gasteiger partial charge < -0.3 is 10.2 Å². The number of piperazine rings is 1. The molecule has 1 aromatic carbocycles. The Morgan fingerprint density at radius 3 is 2.50 bits per heavy atom. The first-order valence-corrected chi connectivity index (χ1v) is 7.63. The van der Waals surface area contributed by atoms with Crippen molar-refractivity contribution < 1.29 is 0 Å². The first kappa shape index (κ1) is 15.5. The van der Waals surface area contributed by atoms with Crippen LogP contribution in [0.1, 0.15) is 22.3 Å². The van der Waals surface area contributed by atoms with Gasteiger partial charge in [-0.3, -0.25) is 4.90 Å². The minimum atomic E-state index is 0.626. The molecule has 1 atom stereocenters. The second kappa shape index (κ2) is 6.70. The van der Waals surface area contributed by atoms with Gasteiger partial charge >= 0.3 is 0 Å². The van der Waals surface area contributed by atoms with Crippen LogP contribution in [0.25, 0.3) is 0 Å². The minimum Gasteiger partial charge on any atom is -0.311 e. The average molecular weight is 275 g/mol. The van der Waals surface area contributed by atoms with Crippen molar-refractivity contribution in [1.29, 1.82) is 0 Å². The van der Waals surface area contributed by atoms with E-state index < -0.39 is 0 Å². The van der Waals surface area contributed by atoms with Crippen LogP contribution in [0.4, 0.5) is 0 Å². The number of hydrogen-bond donors (Lipinski definition) is 1. The minimum absolute atomic E-state index is 0.626. The lowest BCUT2D eigenvalue weighted by atomic mass is 10.0. The van der Waals surface area contributed by atoms with E-state index in [9.17, 15) is 0 Å². The zero-order chi connectivity index (χ0) is 14.7. The number of likely N-dealkylation sites (N-methyl/N-ethyl adjacent to an activating group) is 2. The first-order chi connectivity index (χ1) is 9.47. The van der Waals surface area contributed by atoms with E-state index in [0.29, 0.717) is 6.04 Å². The quantitative estimate of drug-likeness (QED) is 0.906. The summed E-state index contributed by atoms with van der Waals surface area (Å²) < 4.78 is 0. The largest absolute Gasteiger partial charge is 0.311 e. The Morgan fingerprint density at radius 1 is 1.05 bits per heavy atom. The fraction of sp³-hybridized carbons (Fsp3) is 0.647. The third kappa shape index (κ3) is 3.81. The Bertz CT molecular complexity index is 456. The number of nitrogens with zero attached hydrogens (tertiary/aromatic N) is 2. The molecule has 1 aliphatic heterocycles. The summed E-state index contributed by atoms with van der Waals surface area (Å²) in [6.07, 6.45) is 0. The second-order valence-corrected chi connectivity index (χ2v) is 6.39. The third-order valence-electron chi connectivity index (χ3n) is 4.63. The van der Waals surface area contributed by atoms with Gasteiger partial charge in [0.2, 0.25) is 0 Å². The molecule has 1 heterocycles. The third-order valence-corrected chi connectivity index (χ3v) is 4.63. The van der Waals surface area contributed by atoms with Crippen molar-refractivity contribution in [3.05, 3.63) is 34.4 Å². The molecule has 0 radical (unpaired) electrons. The molecule has 3 heteroatoms. The van der Waals surface area contributed by atoms with Crippen molar-refractivity contribution in [3.8, 4) is 0 Å². The fourth-order valence-corrected chi connectivity index (χ4v) is 2.91. The Labute approximate surface area is 124 Å². The highest BCUT2D eigenvalue weighted by atomic mass is 15.3. The van der Waals surface area contributed by atoms with Gasteiger partial charge in [0.05, 0.1) is 0 Å². The van der Waals surface area contributed by atoms with Crippen LogP contribution in [0.2, 0.25) is 0 Å². The molecule has 0 aliphatic carbocycles. The van der Waals surface area contributed by atoms with E-state index in [0.717, 1.165) is 19.6 Å². The van der Waals surface area contributed by atoms with Crippen molar-refractivity contribution in [2.45, 2.75) is 33.4 Å². The summed E-state index contributed by atoms with van der Waals surface area (Å²) in [4.78, 5) is 4.90. The molecule has 0 saturated carbocycles. The van der Waals surface area contributed by atoms with Crippen LogP contribution in [0.5, 0.6) is 0 Å². The summed E-state index contributed by atoms with van der Waals surface area (Å²) in [6.45, 7) is 12.1. The summed E-state index contributed by atoms with van der Waals surface area (Å²) in [5.74, 6) is 0. The summed E-state index contributed by atoms with van der Waals surface area (Å²) in [6, 6.07) is 5.25. The standard InChI is InChI=1S/C17H29N3/c1-13-8-15(3)16(9-14(13)2)10-18-11-17-12-19(4)6-7-20(17)5/h8-9,17-18H,6-7,10-12H2,1-5H3. The predicted octanol–water partition coefficient (Wildman–Crippen LogP) is 1.95. The maximum Gasteiger partial charge on any atom is 0.0345 e. The Morgan fingerprint density at radius 2 is 1.75 bits per heavy atom. The predicted molar refractivity (Wildman–Crippen MR) is 86.3 cm³/mol. The highest BCUT2D eigenvalue weighted by molar-refractivity contribution is 5.36. The zero-order valence-electron chi connectivity index (χ0n) is 13.7. The van der Waals surface area contributed by atoms with E-state index in [4.69, 9.17) is 0 Å². The van der Waals surface area contributed by atoms with Crippen LogP contribution < -0.4 is 5.32 Å². The molecule has 1 N–H and O–H groups in total. The van der Waals surface area contributed by atoms with Gasteiger partial charge in [0.1, 0.15) is 0 Å². The van der Waals surface area contributed by atoms with Crippen molar-refractivity contribution in [3.63, 3.8) is 0 Å². The molecule has 1 aliphatic rings. The van der Waals surface area contributed by atoms with E-state index in [1.807, 2.05) is 0 Å². The Hall–Kier alpha value is -0.900. The van der Waals surface area contributed by atoms with Crippen LogP contribution >= 0.6 is 0 Å². The summed E-state index contributed by atoms with van der Waals surface area (Å²) in [7, 11) is 4.45. The van der Waals surface area contributed by atoms with Gasteiger partial charge in [-0.1, -0.05) is 12.1 Å². The van der Waals surface area contributed by atoms with Crippen molar-refractivity contribution >= 4 is 0 Å². The molecule has 1 saturated heterocycles. The summed E-state index contributed by atoms with van der Waals surface area (Å²) in [5, 5.41) is 3.64. The number of hydrogen-bond acceptors (Lipinski definition) is 3. The topological polar surface area (TPSA) is 18.5 Å². The Balaban J connectivity index is 1.88. The van der Waals surface area contributed by atoms with E-state index in [1.54, 1.807) is 0 Å². The molecule has 1 aromatic rings. The van der Waals surface area contributed by atoms with Gasteiger partial charge in [-0.15, -0.1) is 0 Å². The molecule has 1 unspecified atom stereocenters. The maximum absolute atomic E-state index is 3.64. The number of rotatable bonds is 4. The van der Waals surface area contributed by atoms with E-state index in [-0.39, 0.29) is 0 Å². The van der Waals surface area contributed by atoms with Crippen molar-refractivity contribution in [2.24, 2.45) is 0 Å². The highest BCUT2D eigenvalue weighted by Crippen LogP contribution is 2.15. The Kier molecular flexibility index (Phi) is 5.19. The fourth-order valence-electron chi connectivity index (χ4n) is 2.91. The average Bonchev–Trinajstić information content (AvgIpc) is 2.39. The number of benzene rings is 1. The molecule has 2 rings (SSSR count). The van der Waals surface area contributed by atoms with Crippen LogP contribution in [-0.4, -0.2) is 56.1 Å². The van der Waals surface area contributed by atoms with Gasteiger partial charge in [0.25, 0.3) is 0 Å². The number of aryl methyl sites for hydroxylation is 3. The molecule has 0 aromatic heterocycles. The molecule has 0 amide bonds. The van der Waals surface area contributed by atoms with Gasteiger partial charge in [0, 0.05) is 38.8 Å². The van der Waals surface area contributed by atoms with Crippen molar-refractivity contribution in [2.75, 3.05) is 40.3 Å². The molecular weight excluding hydrogens is 246 g/mol. The summed E-state index contributed by atoms with van der Waals surface area (Å²) >= 11 is 0. The zero-order valence-corrected chi connectivity index (χ0v) is 13.7. The van der Waals surface area contributed by atoms with Crippen molar-refractivity contribution in [1.82, 2.24) is 15.1 Å². The molecular formula is C17H29N3.